The maximum atomic E-state index is 13.3. The maximum absolute atomic E-state index is 13.3. The first kappa shape index (κ1) is 13.3. The standard InChI is InChI=1S/C12H12F2N2O3/c1-12(5-6-19-10(12)17)16-11(18)15-9-7(13)3-2-4-8(9)14/h2-4H,5-6H2,1H3,(H2,15,16,18)/t12-/m0/s1. The van der Waals surface area contributed by atoms with E-state index >= 15 is 0 Å². The third-order valence-electron chi connectivity index (χ3n) is 2.88. The molecule has 19 heavy (non-hydrogen) atoms. The highest BCUT2D eigenvalue weighted by atomic mass is 19.1. The summed E-state index contributed by atoms with van der Waals surface area (Å²) in [6.45, 7) is 1.68. The largest absolute Gasteiger partial charge is 0.464 e. The van der Waals surface area contributed by atoms with Gasteiger partial charge in [0, 0.05) is 6.42 Å². The zero-order valence-electron chi connectivity index (χ0n) is 10.1. The Labute approximate surface area is 107 Å². The van der Waals surface area contributed by atoms with Gasteiger partial charge in [-0.2, -0.15) is 0 Å². The van der Waals surface area contributed by atoms with Crippen LogP contribution in [0.1, 0.15) is 13.3 Å². The highest BCUT2D eigenvalue weighted by Crippen LogP contribution is 2.21. The molecule has 0 radical (unpaired) electrons. The van der Waals surface area contributed by atoms with E-state index in [9.17, 15) is 18.4 Å². The predicted octanol–water partition coefficient (Wildman–Crippen LogP) is 1.79. The van der Waals surface area contributed by atoms with Crippen molar-refractivity contribution in [2.24, 2.45) is 0 Å². The van der Waals surface area contributed by atoms with Gasteiger partial charge in [-0.15, -0.1) is 0 Å². The molecular formula is C12H12F2N2O3. The van der Waals surface area contributed by atoms with Crippen molar-refractivity contribution in [1.29, 1.82) is 0 Å². The number of carbonyl (C=O) groups excluding carboxylic acids is 2. The van der Waals surface area contributed by atoms with E-state index in [4.69, 9.17) is 4.74 Å². The molecule has 1 aliphatic heterocycles. The number of anilines is 1. The predicted molar refractivity (Wildman–Crippen MR) is 62.5 cm³/mol. The fraction of sp³-hybridized carbons (Fsp3) is 0.333. The summed E-state index contributed by atoms with van der Waals surface area (Å²) >= 11 is 0. The summed E-state index contributed by atoms with van der Waals surface area (Å²) in [6.07, 6.45) is 0.305. The molecule has 0 unspecified atom stereocenters. The number of cyclic esters (lactones) is 1. The van der Waals surface area contributed by atoms with Gasteiger partial charge in [-0.05, 0) is 19.1 Å². The first-order valence-electron chi connectivity index (χ1n) is 5.63. The fourth-order valence-corrected chi connectivity index (χ4v) is 1.74. The highest BCUT2D eigenvalue weighted by molar-refractivity contribution is 5.94. The van der Waals surface area contributed by atoms with Crippen molar-refractivity contribution in [2.75, 3.05) is 11.9 Å². The number of esters is 1. The van der Waals surface area contributed by atoms with Crippen LogP contribution in [0.2, 0.25) is 0 Å². The van der Waals surface area contributed by atoms with Crippen molar-refractivity contribution in [2.45, 2.75) is 18.9 Å². The van der Waals surface area contributed by atoms with E-state index in [1.807, 2.05) is 5.32 Å². The number of urea groups is 1. The minimum Gasteiger partial charge on any atom is -0.464 e. The van der Waals surface area contributed by atoms with Crippen LogP contribution in [0.3, 0.4) is 0 Å². The van der Waals surface area contributed by atoms with Crippen molar-refractivity contribution < 1.29 is 23.1 Å². The number of carbonyl (C=O) groups is 2. The van der Waals surface area contributed by atoms with Crippen LogP contribution in [0.4, 0.5) is 19.3 Å². The molecule has 1 aromatic rings. The molecule has 7 heteroatoms. The van der Waals surface area contributed by atoms with Crippen LogP contribution >= 0.6 is 0 Å². The van der Waals surface area contributed by atoms with Gasteiger partial charge >= 0.3 is 12.0 Å². The molecule has 1 fully saturated rings. The SMILES string of the molecule is C[C@]1(NC(=O)Nc2c(F)cccc2F)CCOC1=O. The molecule has 2 rings (SSSR count). The molecular weight excluding hydrogens is 258 g/mol. The Morgan fingerprint density at radius 3 is 2.53 bits per heavy atom. The number of nitrogens with one attached hydrogen (secondary N) is 2. The Morgan fingerprint density at radius 2 is 2.00 bits per heavy atom. The first-order chi connectivity index (χ1) is 8.92. The second kappa shape index (κ2) is 4.83. The number of ether oxygens (including phenoxy) is 1. The van der Waals surface area contributed by atoms with Gasteiger partial charge in [-0.3, -0.25) is 0 Å². The summed E-state index contributed by atoms with van der Waals surface area (Å²) in [7, 11) is 0. The van der Waals surface area contributed by atoms with Crippen molar-refractivity contribution >= 4 is 17.7 Å². The number of hydrogen-bond acceptors (Lipinski definition) is 3. The number of para-hydroxylation sites is 1. The number of hydrogen-bond donors (Lipinski definition) is 2. The van der Waals surface area contributed by atoms with Crippen LogP contribution in [0, 0.1) is 11.6 Å². The molecule has 2 N–H and O–H groups in total. The molecule has 1 aliphatic rings. The molecule has 0 aliphatic carbocycles. The van der Waals surface area contributed by atoms with Gasteiger partial charge < -0.3 is 15.4 Å². The van der Waals surface area contributed by atoms with Crippen LogP contribution in [-0.2, 0) is 9.53 Å². The Kier molecular flexibility index (Phi) is 3.37. The van der Waals surface area contributed by atoms with Gasteiger partial charge in [0.15, 0.2) is 0 Å². The quantitative estimate of drug-likeness (QED) is 0.805. The van der Waals surface area contributed by atoms with Gasteiger partial charge in [0.05, 0.1) is 6.61 Å². The summed E-state index contributed by atoms with van der Waals surface area (Å²) in [5.74, 6) is -2.36. The van der Waals surface area contributed by atoms with Crippen LogP contribution in [0.25, 0.3) is 0 Å². The second-order valence-electron chi connectivity index (χ2n) is 4.39. The number of amides is 2. The molecule has 102 valence electrons. The zero-order valence-corrected chi connectivity index (χ0v) is 10.1. The Hall–Kier alpha value is -2.18. The molecule has 0 saturated carbocycles. The van der Waals surface area contributed by atoms with E-state index in [0.29, 0.717) is 6.42 Å². The molecule has 0 aromatic heterocycles. The van der Waals surface area contributed by atoms with Crippen LogP contribution in [0.5, 0.6) is 0 Å². The Balaban J connectivity index is 2.08. The average Bonchev–Trinajstić information content (AvgIpc) is 2.64. The minimum atomic E-state index is -1.17. The van der Waals surface area contributed by atoms with Gasteiger partial charge in [0.1, 0.15) is 22.9 Å². The van der Waals surface area contributed by atoms with E-state index in [2.05, 4.69) is 5.32 Å². The summed E-state index contributed by atoms with van der Waals surface area (Å²) in [5.41, 5.74) is -1.74. The van der Waals surface area contributed by atoms with Gasteiger partial charge in [0.25, 0.3) is 0 Å². The van der Waals surface area contributed by atoms with Crippen molar-refractivity contribution in [1.82, 2.24) is 5.32 Å². The summed E-state index contributed by atoms with van der Waals surface area (Å²) in [6, 6.07) is 2.35. The number of halogens is 2. The van der Waals surface area contributed by atoms with Gasteiger partial charge in [0.2, 0.25) is 0 Å². The zero-order chi connectivity index (χ0) is 14.0. The molecule has 0 bridgehead atoms. The average molecular weight is 270 g/mol. The first-order valence-corrected chi connectivity index (χ1v) is 5.63. The summed E-state index contributed by atoms with van der Waals surface area (Å²) in [5, 5.41) is 4.39. The summed E-state index contributed by atoms with van der Waals surface area (Å²) < 4.78 is 31.4. The molecule has 1 aromatic carbocycles. The van der Waals surface area contributed by atoms with Crippen LogP contribution in [-0.4, -0.2) is 24.1 Å². The van der Waals surface area contributed by atoms with Crippen LogP contribution in [0.15, 0.2) is 18.2 Å². The lowest BCUT2D eigenvalue weighted by molar-refractivity contribution is -0.142. The highest BCUT2D eigenvalue weighted by Gasteiger charge is 2.41. The lowest BCUT2D eigenvalue weighted by Gasteiger charge is -2.21. The molecule has 1 saturated heterocycles. The van der Waals surface area contributed by atoms with Crippen LogP contribution < -0.4 is 10.6 Å². The van der Waals surface area contributed by atoms with Crippen molar-refractivity contribution in [3.05, 3.63) is 29.8 Å². The third kappa shape index (κ3) is 2.64. The van der Waals surface area contributed by atoms with E-state index in [1.165, 1.54) is 13.0 Å². The third-order valence-corrected chi connectivity index (χ3v) is 2.88. The monoisotopic (exact) mass is 270 g/mol. The number of benzene rings is 1. The van der Waals surface area contributed by atoms with Gasteiger partial charge in [-0.1, -0.05) is 6.07 Å². The molecule has 1 atom stereocenters. The Bertz CT molecular complexity index is 515. The van der Waals surface area contributed by atoms with Crippen molar-refractivity contribution in [3.8, 4) is 0 Å². The lowest BCUT2D eigenvalue weighted by Crippen LogP contribution is -2.51. The van der Waals surface area contributed by atoms with E-state index in [1.54, 1.807) is 0 Å². The maximum Gasteiger partial charge on any atom is 0.331 e. The van der Waals surface area contributed by atoms with E-state index in [0.717, 1.165) is 12.1 Å². The fourth-order valence-electron chi connectivity index (χ4n) is 1.74. The van der Waals surface area contributed by atoms with E-state index < -0.39 is 34.9 Å². The van der Waals surface area contributed by atoms with Crippen molar-refractivity contribution in [3.63, 3.8) is 0 Å². The normalized spacial score (nSPS) is 21.9. The molecule has 5 nitrogen and oxygen atoms in total. The summed E-state index contributed by atoms with van der Waals surface area (Å²) in [4.78, 5) is 23.1. The minimum absolute atomic E-state index is 0.198. The smallest absolute Gasteiger partial charge is 0.331 e. The lowest BCUT2D eigenvalue weighted by atomic mass is 10.0. The molecule has 1 heterocycles. The van der Waals surface area contributed by atoms with Gasteiger partial charge in [-0.25, -0.2) is 18.4 Å². The Morgan fingerprint density at radius 1 is 1.37 bits per heavy atom. The van der Waals surface area contributed by atoms with E-state index in [-0.39, 0.29) is 6.61 Å². The number of rotatable bonds is 2. The molecule has 2 amide bonds. The molecule has 0 spiro atoms. The second-order valence-corrected chi connectivity index (χ2v) is 4.39. The topological polar surface area (TPSA) is 67.4 Å².